The predicted octanol–water partition coefficient (Wildman–Crippen LogP) is 3.82. The van der Waals surface area contributed by atoms with Crippen molar-refractivity contribution in [2.75, 3.05) is 6.61 Å². The lowest BCUT2D eigenvalue weighted by atomic mass is 10.1. The summed E-state index contributed by atoms with van der Waals surface area (Å²) in [5, 5.41) is 4.47. The third-order valence-electron chi connectivity index (χ3n) is 3.30. The summed E-state index contributed by atoms with van der Waals surface area (Å²) in [6.07, 6.45) is 0. The Hall–Kier alpha value is -2.86. The molecule has 0 aliphatic rings. The Morgan fingerprint density at radius 1 is 1.12 bits per heavy atom. The van der Waals surface area contributed by atoms with Crippen LogP contribution in [0.2, 0.25) is 5.02 Å². The number of aryl methyl sites for hydroxylation is 1. The van der Waals surface area contributed by atoms with Gasteiger partial charge < -0.3 is 14.0 Å². The van der Waals surface area contributed by atoms with Gasteiger partial charge in [-0.05, 0) is 31.2 Å². The van der Waals surface area contributed by atoms with Gasteiger partial charge in [-0.15, -0.1) is 0 Å². The monoisotopic (exact) mass is 358 g/mol. The fourth-order valence-corrected chi connectivity index (χ4v) is 2.12. The van der Waals surface area contributed by atoms with Crippen molar-refractivity contribution in [3.8, 4) is 17.1 Å². The SMILES string of the molecule is Cc1ccc(-c2noc(COC(=O)COc3ccc(Cl)cc3)n2)cc1. The zero-order valence-electron chi connectivity index (χ0n) is 13.4. The Labute approximate surface area is 149 Å². The summed E-state index contributed by atoms with van der Waals surface area (Å²) >= 11 is 5.78. The largest absolute Gasteiger partial charge is 0.482 e. The summed E-state index contributed by atoms with van der Waals surface area (Å²) in [6.45, 7) is 1.67. The Morgan fingerprint density at radius 2 is 1.84 bits per heavy atom. The second-order valence-corrected chi connectivity index (χ2v) is 5.72. The van der Waals surface area contributed by atoms with Crippen molar-refractivity contribution < 1.29 is 18.8 Å². The first-order valence-corrected chi connectivity index (χ1v) is 7.91. The Bertz CT molecular complexity index is 844. The molecule has 0 fully saturated rings. The molecule has 1 heterocycles. The molecule has 7 heteroatoms. The van der Waals surface area contributed by atoms with Crippen molar-refractivity contribution >= 4 is 17.6 Å². The molecule has 0 aliphatic carbocycles. The normalized spacial score (nSPS) is 10.5. The predicted molar refractivity (Wildman–Crippen MR) is 91.2 cm³/mol. The van der Waals surface area contributed by atoms with Gasteiger partial charge in [-0.1, -0.05) is 46.6 Å². The molecule has 0 radical (unpaired) electrons. The van der Waals surface area contributed by atoms with Gasteiger partial charge >= 0.3 is 5.97 Å². The number of aromatic nitrogens is 2. The average Bonchev–Trinajstić information content (AvgIpc) is 3.09. The van der Waals surface area contributed by atoms with E-state index in [0.717, 1.165) is 11.1 Å². The average molecular weight is 359 g/mol. The van der Waals surface area contributed by atoms with Gasteiger partial charge in [-0.25, -0.2) is 4.79 Å². The van der Waals surface area contributed by atoms with Gasteiger partial charge in [0.05, 0.1) is 0 Å². The first kappa shape index (κ1) is 17.0. The van der Waals surface area contributed by atoms with E-state index < -0.39 is 5.97 Å². The Balaban J connectivity index is 1.49. The van der Waals surface area contributed by atoms with Crippen molar-refractivity contribution in [2.45, 2.75) is 13.5 Å². The highest BCUT2D eigenvalue weighted by Crippen LogP contribution is 2.17. The minimum absolute atomic E-state index is 0.109. The molecule has 0 bridgehead atoms. The smallest absolute Gasteiger partial charge is 0.344 e. The maximum absolute atomic E-state index is 11.7. The molecule has 0 amide bonds. The first-order valence-electron chi connectivity index (χ1n) is 7.54. The number of hydrogen-bond donors (Lipinski definition) is 0. The lowest BCUT2D eigenvalue weighted by molar-refractivity contribution is -0.148. The van der Waals surface area contributed by atoms with Crippen LogP contribution in [-0.2, 0) is 16.1 Å². The van der Waals surface area contributed by atoms with Gasteiger partial charge in [0, 0.05) is 10.6 Å². The molecule has 25 heavy (non-hydrogen) atoms. The zero-order chi connectivity index (χ0) is 17.6. The van der Waals surface area contributed by atoms with Crippen LogP contribution in [0.15, 0.2) is 53.1 Å². The lowest BCUT2D eigenvalue weighted by Crippen LogP contribution is -2.14. The van der Waals surface area contributed by atoms with Gasteiger partial charge in [0.2, 0.25) is 5.82 Å². The third kappa shape index (κ3) is 4.81. The number of esters is 1. The Morgan fingerprint density at radius 3 is 2.56 bits per heavy atom. The highest BCUT2D eigenvalue weighted by Gasteiger charge is 2.11. The summed E-state index contributed by atoms with van der Waals surface area (Å²) in [7, 11) is 0. The molecule has 0 spiro atoms. The van der Waals surface area contributed by atoms with Crippen molar-refractivity contribution in [3.63, 3.8) is 0 Å². The van der Waals surface area contributed by atoms with E-state index in [1.807, 2.05) is 31.2 Å². The van der Waals surface area contributed by atoms with Crippen molar-refractivity contribution in [1.82, 2.24) is 10.1 Å². The number of carbonyl (C=O) groups excluding carboxylic acids is 1. The van der Waals surface area contributed by atoms with E-state index in [4.69, 9.17) is 25.6 Å². The van der Waals surface area contributed by atoms with Gasteiger partial charge in [-0.2, -0.15) is 4.98 Å². The van der Waals surface area contributed by atoms with Crippen LogP contribution in [0, 0.1) is 6.92 Å². The van der Waals surface area contributed by atoms with Gasteiger partial charge in [-0.3, -0.25) is 0 Å². The standard InChI is InChI=1S/C18H15ClN2O4/c1-12-2-4-13(5-3-12)18-20-16(25-21-18)10-24-17(22)11-23-15-8-6-14(19)7-9-15/h2-9H,10-11H2,1H3. The van der Waals surface area contributed by atoms with E-state index in [2.05, 4.69) is 10.1 Å². The van der Waals surface area contributed by atoms with Gasteiger partial charge in [0.15, 0.2) is 13.2 Å². The third-order valence-corrected chi connectivity index (χ3v) is 3.56. The molecule has 0 atom stereocenters. The van der Waals surface area contributed by atoms with Crippen molar-refractivity contribution in [3.05, 3.63) is 65.0 Å². The molecule has 0 N–H and O–H groups in total. The minimum atomic E-state index is -0.537. The summed E-state index contributed by atoms with van der Waals surface area (Å²) < 4.78 is 15.4. The maximum Gasteiger partial charge on any atom is 0.344 e. The fourth-order valence-electron chi connectivity index (χ4n) is 1.99. The number of carbonyl (C=O) groups is 1. The number of ether oxygens (including phenoxy) is 2. The molecule has 0 unspecified atom stereocenters. The van der Waals surface area contributed by atoms with E-state index in [1.54, 1.807) is 24.3 Å². The van der Waals surface area contributed by atoms with Gasteiger partial charge in [0.1, 0.15) is 5.75 Å². The molecule has 2 aromatic carbocycles. The molecule has 0 saturated carbocycles. The fraction of sp³-hybridized carbons (Fsp3) is 0.167. The molecular formula is C18H15ClN2O4. The summed E-state index contributed by atoms with van der Waals surface area (Å²) in [4.78, 5) is 15.9. The summed E-state index contributed by atoms with van der Waals surface area (Å²) in [6, 6.07) is 14.4. The number of hydrogen-bond acceptors (Lipinski definition) is 6. The molecule has 128 valence electrons. The van der Waals surface area contributed by atoms with Crippen LogP contribution < -0.4 is 4.74 Å². The van der Waals surface area contributed by atoms with E-state index in [0.29, 0.717) is 16.6 Å². The second-order valence-electron chi connectivity index (χ2n) is 5.28. The molecular weight excluding hydrogens is 344 g/mol. The van der Waals surface area contributed by atoms with Crippen LogP contribution >= 0.6 is 11.6 Å². The summed E-state index contributed by atoms with van der Waals surface area (Å²) in [5.74, 6) is 0.657. The van der Waals surface area contributed by atoms with E-state index >= 15 is 0 Å². The first-order chi connectivity index (χ1) is 12.1. The number of rotatable bonds is 6. The topological polar surface area (TPSA) is 74.5 Å². The Kier molecular flexibility index (Phi) is 5.30. The van der Waals surface area contributed by atoms with Crippen molar-refractivity contribution in [1.29, 1.82) is 0 Å². The van der Waals surface area contributed by atoms with Crippen LogP contribution in [0.1, 0.15) is 11.5 Å². The molecule has 3 rings (SSSR count). The van der Waals surface area contributed by atoms with E-state index in [9.17, 15) is 4.79 Å². The van der Waals surface area contributed by atoms with Gasteiger partial charge in [0.25, 0.3) is 5.89 Å². The van der Waals surface area contributed by atoms with E-state index in [-0.39, 0.29) is 19.1 Å². The van der Waals surface area contributed by atoms with Crippen LogP contribution in [0.25, 0.3) is 11.4 Å². The van der Waals surface area contributed by atoms with Crippen LogP contribution in [0.4, 0.5) is 0 Å². The number of benzene rings is 2. The number of nitrogens with zero attached hydrogens (tertiary/aromatic N) is 2. The molecule has 3 aromatic rings. The highest BCUT2D eigenvalue weighted by molar-refractivity contribution is 6.30. The van der Waals surface area contributed by atoms with Crippen LogP contribution in [0.5, 0.6) is 5.75 Å². The molecule has 0 aliphatic heterocycles. The maximum atomic E-state index is 11.7. The molecule has 0 saturated heterocycles. The second kappa shape index (κ2) is 7.81. The molecule has 6 nitrogen and oxygen atoms in total. The van der Waals surface area contributed by atoms with E-state index in [1.165, 1.54) is 0 Å². The number of halogens is 1. The summed E-state index contributed by atoms with van der Waals surface area (Å²) in [5.41, 5.74) is 1.97. The lowest BCUT2D eigenvalue weighted by Gasteiger charge is -2.05. The quantitative estimate of drug-likeness (QED) is 0.623. The van der Waals surface area contributed by atoms with Crippen molar-refractivity contribution in [2.24, 2.45) is 0 Å². The van der Waals surface area contributed by atoms with Crippen LogP contribution in [0.3, 0.4) is 0 Å². The minimum Gasteiger partial charge on any atom is -0.482 e. The molecule has 1 aromatic heterocycles. The highest BCUT2D eigenvalue weighted by atomic mass is 35.5. The van der Waals surface area contributed by atoms with Crippen LogP contribution in [-0.4, -0.2) is 22.7 Å². The zero-order valence-corrected chi connectivity index (χ0v) is 14.2.